The van der Waals surface area contributed by atoms with Crippen molar-refractivity contribution in [3.63, 3.8) is 0 Å². The van der Waals surface area contributed by atoms with Gasteiger partial charge in [-0.25, -0.2) is 9.61 Å². The maximum Gasteiger partial charge on any atom is 0.262 e. The van der Waals surface area contributed by atoms with Crippen molar-refractivity contribution in [1.29, 1.82) is 0 Å². The fourth-order valence-corrected chi connectivity index (χ4v) is 4.40. The molecule has 0 fully saturated rings. The second-order valence-corrected chi connectivity index (χ2v) is 8.34. The van der Waals surface area contributed by atoms with E-state index < -0.39 is 0 Å². The van der Waals surface area contributed by atoms with Gasteiger partial charge < -0.3 is 0 Å². The maximum absolute atomic E-state index is 13.2. The summed E-state index contributed by atoms with van der Waals surface area (Å²) in [6.07, 6.45) is 0.719. The Bertz CT molecular complexity index is 1260. The lowest BCUT2D eigenvalue weighted by atomic mass is 10.2. The molecule has 0 saturated carbocycles. The zero-order valence-electron chi connectivity index (χ0n) is 16.9. The molecule has 10 heteroatoms. The SMILES string of the molecule is Cc1nonc1CSc1nc2ccccc2c(=O)n1CCCn1nc(C)c(Cl)c1C. The van der Waals surface area contributed by atoms with Gasteiger partial charge in [0.05, 0.1) is 27.3 Å². The fraction of sp³-hybridized carbons (Fsp3) is 0.350. The van der Waals surface area contributed by atoms with Gasteiger partial charge in [0.2, 0.25) is 0 Å². The minimum atomic E-state index is -0.0514. The molecule has 4 aromatic rings. The molecule has 30 heavy (non-hydrogen) atoms. The molecule has 0 aliphatic rings. The summed E-state index contributed by atoms with van der Waals surface area (Å²) in [4.78, 5) is 17.9. The Kier molecular flexibility index (Phi) is 5.92. The van der Waals surface area contributed by atoms with E-state index >= 15 is 0 Å². The number of para-hydroxylation sites is 1. The van der Waals surface area contributed by atoms with Crippen LogP contribution in [0.25, 0.3) is 10.9 Å². The third-order valence-corrected chi connectivity index (χ3v) is 6.49. The zero-order chi connectivity index (χ0) is 21.3. The number of fused-ring (bicyclic) bond motifs is 1. The maximum atomic E-state index is 13.2. The van der Waals surface area contributed by atoms with E-state index in [2.05, 4.69) is 15.4 Å². The molecular weight excluding hydrogens is 424 g/mol. The molecule has 0 bridgehead atoms. The van der Waals surface area contributed by atoms with Crippen LogP contribution in [-0.2, 0) is 18.8 Å². The summed E-state index contributed by atoms with van der Waals surface area (Å²) in [5, 5.41) is 14.1. The molecule has 4 rings (SSSR count). The number of halogens is 1. The van der Waals surface area contributed by atoms with Gasteiger partial charge in [-0.3, -0.25) is 14.0 Å². The van der Waals surface area contributed by atoms with Crippen LogP contribution in [0.2, 0.25) is 5.02 Å². The average molecular weight is 445 g/mol. The van der Waals surface area contributed by atoms with E-state index in [4.69, 9.17) is 21.2 Å². The number of nitrogens with zero attached hydrogens (tertiary/aromatic N) is 6. The molecule has 0 aliphatic heterocycles. The van der Waals surface area contributed by atoms with Crippen LogP contribution in [0.1, 0.15) is 29.2 Å². The Morgan fingerprint density at radius 2 is 1.90 bits per heavy atom. The van der Waals surface area contributed by atoms with E-state index in [9.17, 15) is 4.79 Å². The molecule has 0 amide bonds. The lowest BCUT2D eigenvalue weighted by Gasteiger charge is -2.13. The molecule has 3 heterocycles. The summed E-state index contributed by atoms with van der Waals surface area (Å²) in [6.45, 7) is 6.85. The summed E-state index contributed by atoms with van der Waals surface area (Å²) in [5.41, 5.74) is 3.85. The molecule has 0 N–H and O–H groups in total. The summed E-state index contributed by atoms with van der Waals surface area (Å²) in [6, 6.07) is 7.39. The Hall–Kier alpha value is -2.65. The van der Waals surface area contributed by atoms with Crippen LogP contribution >= 0.6 is 23.4 Å². The van der Waals surface area contributed by atoms with Gasteiger partial charge in [-0.05, 0) is 39.3 Å². The van der Waals surface area contributed by atoms with Crippen LogP contribution in [0.4, 0.5) is 0 Å². The van der Waals surface area contributed by atoms with Crippen molar-refractivity contribution in [2.24, 2.45) is 0 Å². The van der Waals surface area contributed by atoms with E-state index in [-0.39, 0.29) is 5.56 Å². The first-order chi connectivity index (χ1) is 14.5. The van der Waals surface area contributed by atoms with Gasteiger partial charge in [0.25, 0.3) is 5.56 Å². The summed E-state index contributed by atoms with van der Waals surface area (Å²) in [5.74, 6) is 0.521. The third-order valence-electron chi connectivity index (χ3n) is 4.96. The van der Waals surface area contributed by atoms with Crippen molar-refractivity contribution in [3.05, 3.63) is 62.4 Å². The average Bonchev–Trinajstić information content (AvgIpc) is 3.26. The van der Waals surface area contributed by atoms with Crippen LogP contribution in [-0.4, -0.2) is 29.6 Å². The van der Waals surface area contributed by atoms with Crippen LogP contribution in [0.15, 0.2) is 38.8 Å². The normalized spacial score (nSPS) is 11.5. The van der Waals surface area contributed by atoms with Crippen molar-refractivity contribution in [2.45, 2.75) is 51.2 Å². The molecule has 0 aliphatic carbocycles. The highest BCUT2D eigenvalue weighted by atomic mass is 35.5. The van der Waals surface area contributed by atoms with Crippen molar-refractivity contribution in [1.82, 2.24) is 29.6 Å². The van der Waals surface area contributed by atoms with E-state index in [1.54, 1.807) is 4.57 Å². The van der Waals surface area contributed by atoms with Crippen molar-refractivity contribution in [3.8, 4) is 0 Å². The Morgan fingerprint density at radius 1 is 1.10 bits per heavy atom. The van der Waals surface area contributed by atoms with Crippen LogP contribution < -0.4 is 5.56 Å². The lowest BCUT2D eigenvalue weighted by molar-refractivity contribution is 0.302. The number of thioether (sulfide) groups is 1. The predicted molar refractivity (Wildman–Crippen MR) is 116 cm³/mol. The van der Waals surface area contributed by atoms with Crippen LogP contribution in [0, 0.1) is 20.8 Å². The lowest BCUT2D eigenvalue weighted by Crippen LogP contribution is -2.24. The second-order valence-electron chi connectivity index (χ2n) is 7.01. The number of hydrogen-bond donors (Lipinski definition) is 0. The van der Waals surface area contributed by atoms with E-state index in [0.717, 1.165) is 29.2 Å². The van der Waals surface area contributed by atoms with E-state index in [1.807, 2.05) is 49.7 Å². The summed E-state index contributed by atoms with van der Waals surface area (Å²) < 4.78 is 8.38. The molecule has 156 valence electrons. The Morgan fingerprint density at radius 3 is 2.60 bits per heavy atom. The Labute approximate surface area is 182 Å². The molecule has 0 unspecified atom stereocenters. The van der Waals surface area contributed by atoms with Crippen LogP contribution in [0.5, 0.6) is 0 Å². The number of hydrogen-bond acceptors (Lipinski definition) is 7. The van der Waals surface area contributed by atoms with Crippen LogP contribution in [0.3, 0.4) is 0 Å². The molecule has 3 aromatic heterocycles. The highest BCUT2D eigenvalue weighted by Gasteiger charge is 2.15. The molecular formula is C20H21ClN6O2S. The molecule has 0 radical (unpaired) electrons. The van der Waals surface area contributed by atoms with Gasteiger partial charge in [-0.15, -0.1) is 0 Å². The first-order valence-corrected chi connectivity index (χ1v) is 10.9. The molecule has 1 aromatic carbocycles. The quantitative estimate of drug-likeness (QED) is 0.315. The Balaban J connectivity index is 1.60. The standard InChI is InChI=1S/C20H21ClN6O2S/c1-12-17(25-29-24-12)11-30-20-22-16-8-5-4-7-15(16)19(28)26(20)9-6-10-27-14(3)18(21)13(2)23-27/h4-5,7-8H,6,9-11H2,1-3H3. The monoisotopic (exact) mass is 444 g/mol. The number of aromatic nitrogens is 6. The van der Waals surface area contributed by atoms with Gasteiger partial charge in [0, 0.05) is 18.8 Å². The minimum Gasteiger partial charge on any atom is -0.287 e. The highest BCUT2D eigenvalue weighted by molar-refractivity contribution is 7.98. The van der Waals surface area contributed by atoms with Gasteiger partial charge in [-0.1, -0.05) is 45.8 Å². The molecule has 0 saturated heterocycles. The topological polar surface area (TPSA) is 91.6 Å². The number of benzene rings is 1. The van der Waals surface area contributed by atoms with Crippen molar-refractivity contribution in [2.75, 3.05) is 0 Å². The largest absolute Gasteiger partial charge is 0.287 e. The first kappa shape index (κ1) is 20.6. The summed E-state index contributed by atoms with van der Waals surface area (Å²) >= 11 is 7.69. The van der Waals surface area contributed by atoms with E-state index in [1.165, 1.54) is 11.8 Å². The minimum absolute atomic E-state index is 0.0514. The van der Waals surface area contributed by atoms with Crippen molar-refractivity contribution < 1.29 is 4.63 Å². The number of rotatable bonds is 7. The van der Waals surface area contributed by atoms with Crippen molar-refractivity contribution >= 4 is 34.3 Å². The van der Waals surface area contributed by atoms with E-state index in [0.29, 0.717) is 39.9 Å². The molecule has 0 atom stereocenters. The third kappa shape index (κ3) is 3.99. The smallest absolute Gasteiger partial charge is 0.262 e. The second kappa shape index (κ2) is 8.61. The zero-order valence-corrected chi connectivity index (χ0v) is 18.5. The van der Waals surface area contributed by atoms with Gasteiger partial charge in [0.15, 0.2) is 5.16 Å². The van der Waals surface area contributed by atoms with Gasteiger partial charge in [0.1, 0.15) is 11.4 Å². The predicted octanol–water partition coefficient (Wildman–Crippen LogP) is 3.94. The van der Waals surface area contributed by atoms with Gasteiger partial charge >= 0.3 is 0 Å². The first-order valence-electron chi connectivity index (χ1n) is 9.55. The summed E-state index contributed by atoms with van der Waals surface area (Å²) in [7, 11) is 0. The fourth-order valence-electron chi connectivity index (χ4n) is 3.24. The molecule has 8 nitrogen and oxygen atoms in total. The molecule has 0 spiro atoms. The number of aryl methyl sites for hydroxylation is 3. The van der Waals surface area contributed by atoms with Gasteiger partial charge in [-0.2, -0.15) is 5.10 Å². The highest BCUT2D eigenvalue weighted by Crippen LogP contribution is 2.23.